The molecule has 0 aliphatic rings. The van der Waals surface area contributed by atoms with E-state index in [2.05, 4.69) is 43.6 Å². The molecule has 0 heterocycles. The second-order valence-electron chi connectivity index (χ2n) is 3.97. The maximum atomic E-state index is 5.58. The van der Waals surface area contributed by atoms with Gasteiger partial charge in [-0.3, -0.25) is 0 Å². The average molecular weight is 347 g/mol. The molecule has 0 bridgehead atoms. The second-order valence-corrected chi connectivity index (χ2v) is 4.77. The van der Waals surface area contributed by atoms with E-state index < -0.39 is 0 Å². The van der Waals surface area contributed by atoms with E-state index in [1.807, 2.05) is 32.0 Å². The van der Waals surface area contributed by atoms with Gasteiger partial charge < -0.3 is 9.47 Å². The molecule has 1 aromatic rings. The smallest absolute Gasteiger partial charge is 0.137 e. The Balaban J connectivity index is 0. The van der Waals surface area contributed by atoms with Crippen molar-refractivity contribution in [3.05, 3.63) is 22.7 Å². The van der Waals surface area contributed by atoms with Crippen LogP contribution in [0.3, 0.4) is 0 Å². The van der Waals surface area contributed by atoms with Crippen molar-refractivity contribution < 1.29 is 9.47 Å². The molecule has 0 unspecified atom stereocenters. The molecule has 0 fully saturated rings. The minimum absolute atomic E-state index is 0.732. The summed E-state index contributed by atoms with van der Waals surface area (Å²) in [5.41, 5.74) is 0. The molecule has 0 aromatic heterocycles. The van der Waals surface area contributed by atoms with Gasteiger partial charge in [0.1, 0.15) is 16.0 Å². The Hall–Kier alpha value is -0.700. The van der Waals surface area contributed by atoms with Gasteiger partial charge in [-0.1, -0.05) is 54.0 Å². The minimum Gasteiger partial charge on any atom is -0.492 e. The third-order valence-corrected chi connectivity index (χ3v) is 2.63. The summed E-state index contributed by atoms with van der Waals surface area (Å²) in [5, 5.41) is 0. The van der Waals surface area contributed by atoms with Crippen molar-refractivity contribution in [2.24, 2.45) is 0 Å². The lowest BCUT2D eigenvalue weighted by Gasteiger charge is -2.11. The Kier molecular flexibility index (Phi) is 17.7. The van der Waals surface area contributed by atoms with Gasteiger partial charge in [-0.2, -0.15) is 0 Å². The van der Waals surface area contributed by atoms with Gasteiger partial charge in [0.15, 0.2) is 0 Å². The molecule has 0 saturated heterocycles. The third kappa shape index (κ3) is 10.1. The van der Waals surface area contributed by atoms with Gasteiger partial charge in [0, 0.05) is 0 Å². The van der Waals surface area contributed by atoms with Crippen molar-refractivity contribution in [2.75, 3.05) is 13.2 Å². The first kappa shape index (κ1) is 21.6. The van der Waals surface area contributed by atoms with Crippen LogP contribution in [0.5, 0.6) is 11.5 Å². The van der Waals surface area contributed by atoms with Gasteiger partial charge in [-0.25, -0.2) is 0 Å². The highest BCUT2D eigenvalue weighted by Gasteiger charge is 2.06. The molecule has 118 valence electrons. The fraction of sp³-hybridized carbons (Fsp3) is 0.647. The fourth-order valence-corrected chi connectivity index (χ4v) is 1.63. The van der Waals surface area contributed by atoms with Crippen LogP contribution in [0.15, 0.2) is 22.7 Å². The molecule has 3 heteroatoms. The Morgan fingerprint density at radius 2 is 1.20 bits per heavy atom. The lowest BCUT2D eigenvalue weighted by atomic mass is 10.3. The highest BCUT2D eigenvalue weighted by molar-refractivity contribution is 9.10. The summed E-state index contributed by atoms with van der Waals surface area (Å²) in [6.07, 6.45) is 3.26. The molecule has 0 radical (unpaired) electrons. The summed E-state index contributed by atoms with van der Waals surface area (Å²) >= 11 is 3.49. The SMILES string of the molecule is CC.CCC.CCCOc1cccc(OCCC)c1Br. The van der Waals surface area contributed by atoms with Crippen LogP contribution in [-0.2, 0) is 0 Å². The number of hydrogen-bond donors (Lipinski definition) is 0. The van der Waals surface area contributed by atoms with Gasteiger partial charge in [-0.05, 0) is 40.9 Å². The average Bonchev–Trinajstić information content (AvgIpc) is 2.48. The zero-order valence-corrected chi connectivity index (χ0v) is 15.5. The monoisotopic (exact) mass is 346 g/mol. The Bertz CT molecular complexity index is 288. The van der Waals surface area contributed by atoms with Crippen molar-refractivity contribution in [1.29, 1.82) is 0 Å². The predicted octanol–water partition coefficient (Wildman–Crippen LogP) is 6.47. The van der Waals surface area contributed by atoms with Crippen molar-refractivity contribution in [3.63, 3.8) is 0 Å². The van der Waals surface area contributed by atoms with Gasteiger partial charge in [0.05, 0.1) is 13.2 Å². The van der Waals surface area contributed by atoms with E-state index >= 15 is 0 Å². The number of benzene rings is 1. The first-order chi connectivity index (χ1) is 9.71. The second kappa shape index (κ2) is 16.4. The van der Waals surface area contributed by atoms with Crippen LogP contribution >= 0.6 is 15.9 Å². The van der Waals surface area contributed by atoms with Gasteiger partial charge in [-0.15, -0.1) is 0 Å². The Morgan fingerprint density at radius 1 is 0.850 bits per heavy atom. The third-order valence-electron chi connectivity index (χ3n) is 1.85. The van der Waals surface area contributed by atoms with E-state index in [1.165, 1.54) is 6.42 Å². The van der Waals surface area contributed by atoms with Crippen molar-refractivity contribution in [2.45, 2.75) is 60.8 Å². The normalized spacial score (nSPS) is 8.75. The summed E-state index contributed by atoms with van der Waals surface area (Å²) in [5.74, 6) is 1.70. The van der Waals surface area contributed by atoms with Crippen LogP contribution in [0.1, 0.15) is 60.8 Å². The van der Waals surface area contributed by atoms with Crippen LogP contribution in [0.25, 0.3) is 0 Å². The van der Waals surface area contributed by atoms with Gasteiger partial charge in [0.2, 0.25) is 0 Å². The zero-order valence-electron chi connectivity index (χ0n) is 14.0. The largest absolute Gasteiger partial charge is 0.492 e. The molecule has 0 saturated carbocycles. The van der Waals surface area contributed by atoms with Crippen molar-refractivity contribution in [3.8, 4) is 11.5 Å². The molecule has 0 N–H and O–H groups in total. The number of rotatable bonds is 6. The Labute approximate surface area is 134 Å². The molecule has 2 nitrogen and oxygen atoms in total. The number of hydrogen-bond acceptors (Lipinski definition) is 2. The predicted molar refractivity (Wildman–Crippen MR) is 93.0 cm³/mol. The molecular weight excluding hydrogens is 316 g/mol. The first-order valence-electron chi connectivity index (χ1n) is 7.75. The minimum atomic E-state index is 0.732. The molecule has 1 aromatic carbocycles. The van der Waals surface area contributed by atoms with Crippen LogP contribution < -0.4 is 9.47 Å². The van der Waals surface area contributed by atoms with Crippen LogP contribution in [0, 0.1) is 0 Å². The van der Waals surface area contributed by atoms with E-state index in [0.717, 1.165) is 42.0 Å². The van der Waals surface area contributed by atoms with E-state index in [9.17, 15) is 0 Å². The lowest BCUT2D eigenvalue weighted by molar-refractivity contribution is 0.298. The van der Waals surface area contributed by atoms with Crippen molar-refractivity contribution >= 4 is 15.9 Å². The standard InChI is InChI=1S/C12H17BrO2.C3H8.C2H6/c1-3-8-14-10-6-5-7-11(12(10)13)15-9-4-2;1-3-2;1-2/h5-7H,3-4,8-9H2,1-2H3;3H2,1-2H3;1-2H3. The topological polar surface area (TPSA) is 18.5 Å². The zero-order chi connectivity index (χ0) is 15.8. The molecule has 0 aliphatic carbocycles. The highest BCUT2D eigenvalue weighted by Crippen LogP contribution is 2.34. The molecule has 0 aliphatic heterocycles. The van der Waals surface area contributed by atoms with Gasteiger partial charge >= 0.3 is 0 Å². The molecule has 0 atom stereocenters. The quantitative estimate of drug-likeness (QED) is 0.587. The summed E-state index contributed by atoms with van der Waals surface area (Å²) < 4.78 is 12.1. The van der Waals surface area contributed by atoms with Crippen LogP contribution in [0.4, 0.5) is 0 Å². The van der Waals surface area contributed by atoms with E-state index in [1.54, 1.807) is 0 Å². The van der Waals surface area contributed by atoms with E-state index in [4.69, 9.17) is 9.47 Å². The molecular formula is C17H31BrO2. The maximum absolute atomic E-state index is 5.58. The molecule has 0 spiro atoms. The molecule has 0 amide bonds. The number of ether oxygens (including phenoxy) is 2. The fourth-order valence-electron chi connectivity index (χ4n) is 1.14. The van der Waals surface area contributed by atoms with E-state index in [-0.39, 0.29) is 0 Å². The summed E-state index contributed by atoms with van der Waals surface area (Å²) in [7, 11) is 0. The number of halogens is 1. The molecule has 1 rings (SSSR count). The maximum Gasteiger partial charge on any atom is 0.137 e. The summed E-state index contributed by atoms with van der Waals surface area (Å²) in [6.45, 7) is 13.9. The Morgan fingerprint density at radius 3 is 1.50 bits per heavy atom. The van der Waals surface area contributed by atoms with Gasteiger partial charge in [0.25, 0.3) is 0 Å². The van der Waals surface area contributed by atoms with Crippen molar-refractivity contribution in [1.82, 2.24) is 0 Å². The highest BCUT2D eigenvalue weighted by atomic mass is 79.9. The first-order valence-corrected chi connectivity index (χ1v) is 8.54. The van der Waals surface area contributed by atoms with E-state index in [0.29, 0.717) is 0 Å². The van der Waals surface area contributed by atoms with Crippen LogP contribution in [0.2, 0.25) is 0 Å². The summed E-state index contributed by atoms with van der Waals surface area (Å²) in [6, 6.07) is 5.83. The van der Waals surface area contributed by atoms with Crippen LogP contribution in [-0.4, -0.2) is 13.2 Å². The summed E-state index contributed by atoms with van der Waals surface area (Å²) in [4.78, 5) is 0. The lowest BCUT2D eigenvalue weighted by Crippen LogP contribution is -1.99. The molecule has 20 heavy (non-hydrogen) atoms.